The molecule has 2 aliphatic heterocycles. The molecule has 0 bridgehead atoms. The van der Waals surface area contributed by atoms with Crippen molar-refractivity contribution in [2.45, 2.75) is 69.9 Å². The third-order valence-corrected chi connectivity index (χ3v) is 4.37. The second-order valence-corrected chi connectivity index (χ2v) is 5.27. The molecule has 2 saturated carbocycles. The normalized spacial score (nSPS) is 30.8. The zero-order valence-electron chi connectivity index (χ0n) is 10.4. The van der Waals surface area contributed by atoms with Crippen molar-refractivity contribution < 1.29 is 0 Å². The van der Waals surface area contributed by atoms with Crippen molar-refractivity contribution in [3.63, 3.8) is 0 Å². The van der Waals surface area contributed by atoms with E-state index in [1.54, 1.807) is 0 Å². The van der Waals surface area contributed by atoms with Crippen LogP contribution in [0.1, 0.15) is 58.8 Å². The fourth-order valence-electron chi connectivity index (χ4n) is 2.57. The lowest BCUT2D eigenvalue weighted by Crippen LogP contribution is -2.61. The van der Waals surface area contributed by atoms with E-state index in [0.29, 0.717) is 5.54 Å². The number of rotatable bonds is 0. The Balaban J connectivity index is 0.0000000989. The van der Waals surface area contributed by atoms with Crippen LogP contribution in [-0.2, 0) is 0 Å². The Kier molecular flexibility index (Phi) is 3.36. The highest BCUT2D eigenvalue weighted by Gasteiger charge is 2.46. The molecule has 0 radical (unpaired) electrons. The maximum absolute atomic E-state index is 3.46. The van der Waals surface area contributed by atoms with Crippen molar-refractivity contribution in [1.82, 2.24) is 10.6 Å². The average Bonchev–Trinajstić information content (AvgIpc) is 2.80. The molecule has 2 heteroatoms. The molecule has 0 unspecified atom stereocenters. The van der Waals surface area contributed by atoms with Crippen LogP contribution in [0.25, 0.3) is 0 Å². The summed E-state index contributed by atoms with van der Waals surface area (Å²) in [6.45, 7) is 6.56. The van der Waals surface area contributed by atoms with Gasteiger partial charge in [0.15, 0.2) is 0 Å². The van der Waals surface area contributed by atoms with Crippen LogP contribution in [0.15, 0.2) is 0 Å². The van der Waals surface area contributed by atoms with Gasteiger partial charge in [-0.2, -0.15) is 0 Å². The van der Waals surface area contributed by atoms with Gasteiger partial charge >= 0.3 is 0 Å². The predicted molar refractivity (Wildman–Crippen MR) is 65.1 cm³/mol. The van der Waals surface area contributed by atoms with E-state index in [1.165, 1.54) is 58.0 Å². The first-order valence-corrected chi connectivity index (χ1v) is 6.83. The highest BCUT2D eigenvalue weighted by Crippen LogP contribution is 2.43. The van der Waals surface area contributed by atoms with E-state index in [-0.39, 0.29) is 0 Å². The first-order valence-electron chi connectivity index (χ1n) is 6.83. The maximum Gasteiger partial charge on any atom is 0.0195 e. The molecule has 4 rings (SSSR count). The van der Waals surface area contributed by atoms with Crippen molar-refractivity contribution in [3.05, 3.63) is 0 Å². The zero-order chi connectivity index (χ0) is 10.8. The lowest BCUT2D eigenvalue weighted by molar-refractivity contribution is 0.101. The van der Waals surface area contributed by atoms with Gasteiger partial charge in [-0.15, -0.1) is 0 Å². The minimum atomic E-state index is 0.694. The van der Waals surface area contributed by atoms with Gasteiger partial charge < -0.3 is 10.6 Å². The molecule has 0 aromatic heterocycles. The molecule has 2 aliphatic carbocycles. The predicted octanol–water partition coefficient (Wildman–Crippen LogP) is 2.44. The molecule has 0 aromatic carbocycles. The Morgan fingerprint density at radius 2 is 1.07 bits per heavy atom. The van der Waals surface area contributed by atoms with Crippen molar-refractivity contribution >= 4 is 0 Å². The average molecular weight is 210 g/mol. The Bertz CT molecular complexity index is 179. The second kappa shape index (κ2) is 4.42. The second-order valence-electron chi connectivity index (χ2n) is 5.27. The Morgan fingerprint density at radius 3 is 1.07 bits per heavy atom. The first-order chi connectivity index (χ1) is 7.33. The summed E-state index contributed by atoms with van der Waals surface area (Å²) in [5, 5.41) is 6.85. The Hall–Kier alpha value is -0.0800. The van der Waals surface area contributed by atoms with E-state index >= 15 is 0 Å². The van der Waals surface area contributed by atoms with Gasteiger partial charge in [-0.1, -0.05) is 13.8 Å². The molecular formula is C13H26N2. The highest BCUT2D eigenvalue weighted by atomic mass is 15.1. The molecular weight excluding hydrogens is 184 g/mol. The van der Waals surface area contributed by atoms with Gasteiger partial charge in [0.1, 0.15) is 0 Å². The Morgan fingerprint density at radius 1 is 0.667 bits per heavy atom. The molecule has 2 saturated heterocycles. The van der Waals surface area contributed by atoms with Crippen LogP contribution < -0.4 is 10.6 Å². The summed E-state index contributed by atoms with van der Waals surface area (Å²) in [5.74, 6) is 0. The van der Waals surface area contributed by atoms with Crippen molar-refractivity contribution in [2.24, 2.45) is 0 Å². The van der Waals surface area contributed by atoms with Gasteiger partial charge in [0.05, 0.1) is 0 Å². The van der Waals surface area contributed by atoms with E-state index in [4.69, 9.17) is 0 Å². The van der Waals surface area contributed by atoms with Gasteiger partial charge in [-0.25, -0.2) is 0 Å². The molecule has 4 fully saturated rings. The first kappa shape index (κ1) is 11.4. The van der Waals surface area contributed by atoms with E-state index < -0.39 is 0 Å². The monoisotopic (exact) mass is 210 g/mol. The quantitative estimate of drug-likeness (QED) is 0.642. The molecule has 88 valence electrons. The van der Waals surface area contributed by atoms with Crippen LogP contribution in [0, 0.1) is 0 Å². The van der Waals surface area contributed by atoms with Gasteiger partial charge in [0.25, 0.3) is 0 Å². The SMILES string of the molecule is C1CC2(C1)CCN2.C1CC2(CC2)N1.CC. The minimum Gasteiger partial charge on any atom is -0.311 e. The minimum absolute atomic E-state index is 0.694. The third-order valence-electron chi connectivity index (χ3n) is 4.37. The summed E-state index contributed by atoms with van der Waals surface area (Å²) in [6.07, 6.45) is 10.2. The van der Waals surface area contributed by atoms with Crippen LogP contribution in [0.3, 0.4) is 0 Å². The number of hydrogen-bond acceptors (Lipinski definition) is 2. The summed E-state index contributed by atoms with van der Waals surface area (Å²) in [5.41, 5.74) is 1.42. The van der Waals surface area contributed by atoms with Gasteiger partial charge in [-0.05, 0) is 58.0 Å². The molecule has 15 heavy (non-hydrogen) atoms. The molecule has 2 N–H and O–H groups in total. The lowest BCUT2D eigenvalue weighted by atomic mass is 9.70. The van der Waals surface area contributed by atoms with Crippen LogP contribution in [0.5, 0.6) is 0 Å². The van der Waals surface area contributed by atoms with E-state index in [9.17, 15) is 0 Å². The van der Waals surface area contributed by atoms with E-state index in [2.05, 4.69) is 10.6 Å². The molecule has 0 aromatic rings. The van der Waals surface area contributed by atoms with Crippen molar-refractivity contribution in [2.75, 3.05) is 13.1 Å². The molecule has 0 amide bonds. The van der Waals surface area contributed by atoms with Crippen LogP contribution in [0.2, 0.25) is 0 Å². The molecule has 2 spiro atoms. The van der Waals surface area contributed by atoms with E-state index in [0.717, 1.165) is 5.54 Å². The summed E-state index contributed by atoms with van der Waals surface area (Å²) < 4.78 is 0. The molecule has 0 atom stereocenters. The largest absolute Gasteiger partial charge is 0.311 e. The zero-order valence-corrected chi connectivity index (χ0v) is 10.4. The number of nitrogens with one attached hydrogen (secondary N) is 2. The summed E-state index contributed by atoms with van der Waals surface area (Å²) in [6, 6.07) is 0. The fourth-order valence-corrected chi connectivity index (χ4v) is 2.57. The van der Waals surface area contributed by atoms with Gasteiger partial charge in [0.2, 0.25) is 0 Å². The molecule has 2 nitrogen and oxygen atoms in total. The topological polar surface area (TPSA) is 24.1 Å². The molecule has 4 aliphatic rings. The van der Waals surface area contributed by atoms with Crippen molar-refractivity contribution in [1.29, 1.82) is 0 Å². The summed E-state index contributed by atoms with van der Waals surface area (Å²) >= 11 is 0. The van der Waals surface area contributed by atoms with Crippen LogP contribution in [0.4, 0.5) is 0 Å². The summed E-state index contributed by atoms with van der Waals surface area (Å²) in [4.78, 5) is 0. The van der Waals surface area contributed by atoms with Crippen LogP contribution >= 0.6 is 0 Å². The maximum atomic E-state index is 3.46. The van der Waals surface area contributed by atoms with Gasteiger partial charge in [-0.3, -0.25) is 0 Å². The van der Waals surface area contributed by atoms with Crippen LogP contribution in [-0.4, -0.2) is 24.2 Å². The Labute approximate surface area is 94.2 Å². The van der Waals surface area contributed by atoms with E-state index in [1.807, 2.05) is 13.8 Å². The van der Waals surface area contributed by atoms with Crippen molar-refractivity contribution in [3.8, 4) is 0 Å². The number of hydrogen-bond donors (Lipinski definition) is 2. The lowest BCUT2D eigenvalue weighted by Gasteiger charge is -2.50. The fraction of sp³-hybridized carbons (Fsp3) is 1.00. The highest BCUT2D eigenvalue weighted by molar-refractivity contribution is 5.08. The summed E-state index contributed by atoms with van der Waals surface area (Å²) in [7, 11) is 0. The molecule has 2 heterocycles. The smallest absolute Gasteiger partial charge is 0.0195 e. The van der Waals surface area contributed by atoms with Gasteiger partial charge in [0, 0.05) is 11.1 Å². The standard InChI is InChI=1S/C6H11N.C5H9N.C2H6/c1-2-6(3-1)4-5-7-6;1-2-5(1)3-4-6-5;1-2/h7H,1-5H2;6H,1-4H2;1-2H3. The third kappa shape index (κ3) is 2.36.